The molecule has 146 valence electrons. The number of piperazine rings is 1. The Balaban J connectivity index is 1.31. The van der Waals surface area contributed by atoms with Crippen LogP contribution in [0.25, 0.3) is 0 Å². The predicted molar refractivity (Wildman–Crippen MR) is 105 cm³/mol. The Kier molecular flexibility index (Phi) is 7.35. The standard InChI is InChI=1S/C20H35N5O/c1-17-15-19(23-26-17)16-24-11-13-25(14-12-24)20(21-2)22-10-6-5-9-18-7-3-4-8-18/h15,18H,3-14,16H2,1-2H3,(H,21,22). The van der Waals surface area contributed by atoms with Crippen molar-refractivity contribution in [3.05, 3.63) is 17.5 Å². The van der Waals surface area contributed by atoms with Crippen molar-refractivity contribution in [2.45, 2.75) is 58.4 Å². The maximum atomic E-state index is 5.16. The van der Waals surface area contributed by atoms with Gasteiger partial charge in [0.15, 0.2) is 5.96 Å². The molecule has 1 saturated heterocycles. The first-order valence-electron chi connectivity index (χ1n) is 10.3. The summed E-state index contributed by atoms with van der Waals surface area (Å²) in [5, 5.41) is 7.66. The third-order valence-electron chi connectivity index (χ3n) is 5.74. The van der Waals surface area contributed by atoms with Gasteiger partial charge in [-0.05, 0) is 19.3 Å². The van der Waals surface area contributed by atoms with Crippen molar-refractivity contribution in [2.24, 2.45) is 10.9 Å². The summed E-state index contributed by atoms with van der Waals surface area (Å²) in [7, 11) is 1.89. The first-order chi connectivity index (χ1) is 12.7. The van der Waals surface area contributed by atoms with Crippen molar-refractivity contribution in [1.82, 2.24) is 20.3 Å². The number of nitrogens with zero attached hydrogens (tertiary/aromatic N) is 4. The molecule has 0 spiro atoms. The van der Waals surface area contributed by atoms with Crippen molar-refractivity contribution in [2.75, 3.05) is 39.8 Å². The molecule has 1 saturated carbocycles. The number of rotatable bonds is 7. The highest BCUT2D eigenvalue weighted by Gasteiger charge is 2.20. The van der Waals surface area contributed by atoms with E-state index < -0.39 is 0 Å². The summed E-state index contributed by atoms with van der Waals surface area (Å²) >= 11 is 0. The maximum absolute atomic E-state index is 5.16. The molecular weight excluding hydrogens is 326 g/mol. The van der Waals surface area contributed by atoms with Crippen molar-refractivity contribution >= 4 is 5.96 Å². The second-order valence-corrected chi connectivity index (χ2v) is 7.81. The van der Waals surface area contributed by atoms with E-state index in [0.29, 0.717) is 0 Å². The lowest BCUT2D eigenvalue weighted by atomic mass is 10.0. The fourth-order valence-corrected chi connectivity index (χ4v) is 4.23. The van der Waals surface area contributed by atoms with Crippen LogP contribution in [0.4, 0.5) is 0 Å². The Labute approximate surface area is 158 Å². The second-order valence-electron chi connectivity index (χ2n) is 7.81. The molecule has 3 rings (SSSR count). The molecule has 0 atom stereocenters. The van der Waals surface area contributed by atoms with Crippen molar-refractivity contribution in [3.8, 4) is 0 Å². The van der Waals surface area contributed by atoms with E-state index in [4.69, 9.17) is 4.52 Å². The summed E-state index contributed by atoms with van der Waals surface area (Å²) in [6, 6.07) is 2.03. The average molecular weight is 362 g/mol. The van der Waals surface area contributed by atoms with Gasteiger partial charge in [0.2, 0.25) is 0 Å². The van der Waals surface area contributed by atoms with E-state index in [0.717, 1.165) is 62.6 Å². The van der Waals surface area contributed by atoms with Gasteiger partial charge in [-0.2, -0.15) is 0 Å². The minimum atomic E-state index is 0.873. The second kappa shape index (κ2) is 9.95. The first-order valence-corrected chi connectivity index (χ1v) is 10.3. The zero-order valence-electron chi connectivity index (χ0n) is 16.5. The fraction of sp³-hybridized carbons (Fsp3) is 0.800. The smallest absolute Gasteiger partial charge is 0.193 e. The Morgan fingerprint density at radius 3 is 2.65 bits per heavy atom. The topological polar surface area (TPSA) is 56.9 Å². The van der Waals surface area contributed by atoms with Gasteiger partial charge in [0.25, 0.3) is 0 Å². The van der Waals surface area contributed by atoms with Crippen molar-refractivity contribution in [3.63, 3.8) is 0 Å². The molecule has 1 aliphatic heterocycles. The number of hydrogen-bond acceptors (Lipinski definition) is 4. The van der Waals surface area contributed by atoms with Crippen molar-refractivity contribution < 1.29 is 4.52 Å². The number of aromatic nitrogens is 1. The summed E-state index contributed by atoms with van der Waals surface area (Å²) < 4.78 is 5.16. The van der Waals surface area contributed by atoms with E-state index in [-0.39, 0.29) is 0 Å². The van der Waals surface area contributed by atoms with Gasteiger partial charge >= 0.3 is 0 Å². The lowest BCUT2D eigenvalue weighted by Crippen LogP contribution is -2.52. The molecule has 2 heterocycles. The van der Waals surface area contributed by atoms with E-state index in [2.05, 4.69) is 25.3 Å². The van der Waals surface area contributed by atoms with Crippen molar-refractivity contribution in [1.29, 1.82) is 0 Å². The number of hydrogen-bond donors (Lipinski definition) is 1. The summed E-state index contributed by atoms with van der Waals surface area (Å²) in [5.41, 5.74) is 1.03. The quantitative estimate of drug-likeness (QED) is 0.460. The van der Waals surface area contributed by atoms with E-state index in [1.165, 1.54) is 44.9 Å². The minimum Gasteiger partial charge on any atom is -0.361 e. The molecule has 1 N–H and O–H groups in total. The third-order valence-corrected chi connectivity index (χ3v) is 5.74. The molecule has 0 bridgehead atoms. The van der Waals surface area contributed by atoms with E-state index >= 15 is 0 Å². The van der Waals surface area contributed by atoms with Crippen LogP contribution in [-0.2, 0) is 6.54 Å². The molecule has 0 aromatic carbocycles. The van der Waals surface area contributed by atoms with E-state index in [1.807, 2.05) is 20.0 Å². The first kappa shape index (κ1) is 19.2. The van der Waals surface area contributed by atoms with Crippen LogP contribution in [0.5, 0.6) is 0 Å². The molecule has 0 radical (unpaired) electrons. The molecule has 1 aromatic rings. The molecule has 26 heavy (non-hydrogen) atoms. The normalized spacial score (nSPS) is 20.1. The maximum Gasteiger partial charge on any atom is 0.193 e. The number of aryl methyl sites for hydroxylation is 1. The lowest BCUT2D eigenvalue weighted by molar-refractivity contribution is 0.169. The van der Waals surface area contributed by atoms with Gasteiger partial charge in [-0.1, -0.05) is 43.7 Å². The van der Waals surface area contributed by atoms with Gasteiger partial charge in [0.1, 0.15) is 5.76 Å². The summed E-state index contributed by atoms with van der Waals surface area (Å²) in [5.74, 6) is 2.95. The van der Waals surface area contributed by atoms with Gasteiger partial charge < -0.3 is 14.7 Å². The largest absolute Gasteiger partial charge is 0.361 e. The molecular formula is C20H35N5O. The Morgan fingerprint density at radius 1 is 1.23 bits per heavy atom. The lowest BCUT2D eigenvalue weighted by Gasteiger charge is -2.36. The monoisotopic (exact) mass is 361 g/mol. The Morgan fingerprint density at radius 2 is 2.00 bits per heavy atom. The third kappa shape index (κ3) is 5.73. The van der Waals surface area contributed by atoms with Crippen LogP contribution in [0, 0.1) is 12.8 Å². The molecule has 2 fully saturated rings. The molecule has 1 aliphatic carbocycles. The highest BCUT2D eigenvalue weighted by atomic mass is 16.5. The Bertz CT molecular complexity index is 556. The molecule has 0 unspecified atom stereocenters. The molecule has 0 amide bonds. The van der Waals surface area contributed by atoms with Gasteiger partial charge in [0, 0.05) is 52.4 Å². The van der Waals surface area contributed by atoms with Gasteiger partial charge in [-0.3, -0.25) is 9.89 Å². The average Bonchev–Trinajstić information content (AvgIpc) is 3.31. The molecule has 6 heteroatoms. The number of unbranched alkanes of at least 4 members (excludes halogenated alkanes) is 1. The van der Waals surface area contributed by atoms with Crippen LogP contribution in [0.1, 0.15) is 56.4 Å². The van der Waals surface area contributed by atoms with Crippen LogP contribution < -0.4 is 5.32 Å². The highest BCUT2D eigenvalue weighted by molar-refractivity contribution is 5.79. The number of nitrogens with one attached hydrogen (secondary N) is 1. The SMILES string of the molecule is CN=C(NCCCCC1CCCC1)N1CCN(Cc2cc(C)on2)CC1. The highest BCUT2D eigenvalue weighted by Crippen LogP contribution is 2.28. The molecule has 6 nitrogen and oxygen atoms in total. The minimum absolute atomic E-state index is 0.873. The zero-order valence-corrected chi connectivity index (χ0v) is 16.5. The fourth-order valence-electron chi connectivity index (χ4n) is 4.23. The Hall–Kier alpha value is -1.56. The van der Waals surface area contributed by atoms with Crippen LogP contribution >= 0.6 is 0 Å². The number of guanidine groups is 1. The van der Waals surface area contributed by atoms with Gasteiger partial charge in [0.05, 0.1) is 5.69 Å². The van der Waals surface area contributed by atoms with Gasteiger partial charge in [-0.25, -0.2) is 0 Å². The van der Waals surface area contributed by atoms with Crippen LogP contribution in [0.15, 0.2) is 15.6 Å². The summed E-state index contributed by atoms with van der Waals surface area (Å²) in [6.07, 6.45) is 9.86. The van der Waals surface area contributed by atoms with E-state index in [1.54, 1.807) is 0 Å². The predicted octanol–water partition coefficient (Wildman–Crippen LogP) is 3.04. The van der Waals surface area contributed by atoms with Crippen LogP contribution in [0.2, 0.25) is 0 Å². The van der Waals surface area contributed by atoms with Crippen LogP contribution in [-0.4, -0.2) is 60.7 Å². The van der Waals surface area contributed by atoms with Crippen LogP contribution in [0.3, 0.4) is 0 Å². The molecule has 1 aromatic heterocycles. The zero-order chi connectivity index (χ0) is 18.2. The molecule has 2 aliphatic rings. The van der Waals surface area contributed by atoms with Gasteiger partial charge in [-0.15, -0.1) is 0 Å². The summed E-state index contributed by atoms with van der Waals surface area (Å²) in [6.45, 7) is 7.95. The number of aliphatic imine (C=N–C) groups is 1. The van der Waals surface area contributed by atoms with E-state index in [9.17, 15) is 0 Å². The summed E-state index contributed by atoms with van der Waals surface area (Å²) in [4.78, 5) is 9.29.